The number of nitrogens with zero attached hydrogens (tertiary/aromatic N) is 1. The van der Waals surface area contributed by atoms with Gasteiger partial charge in [0.15, 0.2) is 0 Å². The Labute approximate surface area is 118 Å². The highest BCUT2D eigenvalue weighted by Gasteiger charge is 2.16. The Hall–Kier alpha value is -1.83. The van der Waals surface area contributed by atoms with E-state index in [2.05, 4.69) is 10.6 Å². The van der Waals surface area contributed by atoms with Gasteiger partial charge in [0.25, 0.3) is 0 Å². The van der Waals surface area contributed by atoms with Crippen LogP contribution in [-0.4, -0.2) is 67.8 Å². The summed E-state index contributed by atoms with van der Waals surface area (Å²) in [4.78, 5) is 34.8. The number of ether oxygens (including phenoxy) is 1. The molecule has 3 amide bonds. The maximum Gasteiger partial charge on any atom is 0.323 e. The van der Waals surface area contributed by atoms with Crippen LogP contribution in [0.2, 0.25) is 0 Å². The third kappa shape index (κ3) is 9.15. The van der Waals surface area contributed by atoms with Gasteiger partial charge in [0.1, 0.15) is 6.54 Å². The summed E-state index contributed by atoms with van der Waals surface area (Å²) < 4.78 is 4.81. The summed E-state index contributed by atoms with van der Waals surface area (Å²) in [5.41, 5.74) is 0. The summed E-state index contributed by atoms with van der Waals surface area (Å²) in [6.07, 6.45) is 1.01. The van der Waals surface area contributed by atoms with Gasteiger partial charge in [-0.3, -0.25) is 9.59 Å². The highest BCUT2D eigenvalue weighted by Crippen LogP contribution is 1.91. The Morgan fingerprint density at radius 1 is 1.20 bits per heavy atom. The molecule has 0 atom stereocenters. The van der Waals surface area contributed by atoms with Crippen LogP contribution in [-0.2, 0) is 14.3 Å². The van der Waals surface area contributed by atoms with Crippen LogP contribution < -0.4 is 10.6 Å². The van der Waals surface area contributed by atoms with Crippen LogP contribution in [0.4, 0.5) is 4.79 Å². The molecule has 20 heavy (non-hydrogen) atoms. The summed E-state index contributed by atoms with van der Waals surface area (Å²) in [6.45, 7) is 2.73. The predicted octanol–water partition coefficient (Wildman–Crippen LogP) is -0.355. The number of carbonyl (C=O) groups excluding carboxylic acids is 2. The van der Waals surface area contributed by atoms with E-state index in [1.165, 1.54) is 7.11 Å². The van der Waals surface area contributed by atoms with Crippen molar-refractivity contribution in [1.82, 2.24) is 15.5 Å². The molecule has 0 aromatic heterocycles. The SMILES string of the molecule is CCCNC(=O)CCNC(=O)N(CCOC)CC(=O)O. The van der Waals surface area contributed by atoms with Crippen molar-refractivity contribution in [3.05, 3.63) is 0 Å². The predicted molar refractivity (Wildman–Crippen MR) is 72.4 cm³/mol. The summed E-state index contributed by atoms with van der Waals surface area (Å²) >= 11 is 0. The molecule has 0 saturated heterocycles. The molecule has 116 valence electrons. The number of carbonyl (C=O) groups is 3. The number of urea groups is 1. The highest BCUT2D eigenvalue weighted by molar-refractivity contribution is 5.81. The van der Waals surface area contributed by atoms with E-state index in [0.29, 0.717) is 6.54 Å². The Balaban J connectivity index is 4.05. The number of carboxylic acid groups (broad SMARTS) is 1. The zero-order valence-corrected chi connectivity index (χ0v) is 12.0. The number of rotatable bonds is 10. The van der Waals surface area contributed by atoms with Crippen molar-refractivity contribution in [2.24, 2.45) is 0 Å². The van der Waals surface area contributed by atoms with E-state index in [4.69, 9.17) is 9.84 Å². The first-order valence-electron chi connectivity index (χ1n) is 6.51. The summed E-state index contributed by atoms with van der Waals surface area (Å²) in [7, 11) is 1.47. The maximum absolute atomic E-state index is 11.7. The van der Waals surface area contributed by atoms with Crippen molar-refractivity contribution in [3.63, 3.8) is 0 Å². The molecule has 0 aromatic rings. The van der Waals surface area contributed by atoms with Gasteiger partial charge in [0.2, 0.25) is 5.91 Å². The van der Waals surface area contributed by atoms with Crippen LogP contribution in [0.5, 0.6) is 0 Å². The van der Waals surface area contributed by atoms with Crippen LogP contribution >= 0.6 is 0 Å². The fourth-order valence-electron chi connectivity index (χ4n) is 1.36. The standard InChI is InChI=1S/C12H23N3O5/c1-3-5-13-10(16)4-6-14-12(19)15(7-8-20-2)9-11(17)18/h3-9H2,1-2H3,(H,13,16)(H,14,19)(H,17,18). The monoisotopic (exact) mass is 289 g/mol. The van der Waals surface area contributed by atoms with Crippen LogP contribution in [0.25, 0.3) is 0 Å². The molecule has 0 fully saturated rings. The molecule has 0 spiro atoms. The van der Waals surface area contributed by atoms with E-state index in [1.807, 2.05) is 6.92 Å². The van der Waals surface area contributed by atoms with Gasteiger partial charge in [0, 0.05) is 33.2 Å². The number of hydrogen-bond acceptors (Lipinski definition) is 4. The molecule has 0 aliphatic rings. The maximum atomic E-state index is 11.7. The van der Waals surface area contributed by atoms with Crippen molar-refractivity contribution in [1.29, 1.82) is 0 Å². The van der Waals surface area contributed by atoms with Gasteiger partial charge in [-0.05, 0) is 6.42 Å². The number of methoxy groups -OCH3 is 1. The van der Waals surface area contributed by atoms with E-state index in [0.717, 1.165) is 11.3 Å². The second-order valence-electron chi connectivity index (χ2n) is 4.14. The molecule has 8 heteroatoms. The molecule has 0 bridgehead atoms. The molecule has 3 N–H and O–H groups in total. The summed E-state index contributed by atoms with van der Waals surface area (Å²) in [5.74, 6) is -1.24. The molecule has 0 rings (SSSR count). The second-order valence-corrected chi connectivity index (χ2v) is 4.14. The van der Waals surface area contributed by atoms with E-state index in [9.17, 15) is 14.4 Å². The quantitative estimate of drug-likeness (QED) is 0.509. The van der Waals surface area contributed by atoms with Crippen molar-refractivity contribution < 1.29 is 24.2 Å². The highest BCUT2D eigenvalue weighted by atomic mass is 16.5. The number of aliphatic carboxylic acids is 1. The van der Waals surface area contributed by atoms with Gasteiger partial charge in [-0.1, -0.05) is 6.92 Å². The number of hydrogen-bond donors (Lipinski definition) is 3. The minimum atomic E-state index is -1.10. The first-order valence-corrected chi connectivity index (χ1v) is 6.51. The van der Waals surface area contributed by atoms with Gasteiger partial charge in [-0.25, -0.2) is 4.79 Å². The smallest absolute Gasteiger partial charge is 0.323 e. The molecule has 0 aliphatic carbocycles. The lowest BCUT2D eigenvalue weighted by Crippen LogP contribution is -2.45. The first-order chi connectivity index (χ1) is 9.51. The zero-order chi connectivity index (χ0) is 15.4. The van der Waals surface area contributed by atoms with Gasteiger partial charge >= 0.3 is 12.0 Å². The minimum Gasteiger partial charge on any atom is -0.480 e. The van der Waals surface area contributed by atoms with Gasteiger partial charge in [-0.2, -0.15) is 0 Å². The second kappa shape index (κ2) is 11.0. The van der Waals surface area contributed by atoms with E-state index in [-0.39, 0.29) is 32.0 Å². The number of nitrogens with one attached hydrogen (secondary N) is 2. The molecular weight excluding hydrogens is 266 g/mol. The van der Waals surface area contributed by atoms with Crippen molar-refractivity contribution in [2.45, 2.75) is 19.8 Å². The Bertz CT molecular complexity index is 322. The molecule has 0 aromatic carbocycles. The molecule has 0 radical (unpaired) electrons. The van der Waals surface area contributed by atoms with Gasteiger partial charge < -0.3 is 25.4 Å². The molecule has 0 heterocycles. The summed E-state index contributed by atoms with van der Waals surface area (Å²) in [6, 6.07) is -0.521. The van der Waals surface area contributed by atoms with Gasteiger partial charge in [-0.15, -0.1) is 0 Å². The molecular formula is C12H23N3O5. The largest absolute Gasteiger partial charge is 0.480 e. The van der Waals surface area contributed by atoms with Crippen molar-refractivity contribution in [3.8, 4) is 0 Å². The first kappa shape index (κ1) is 18.2. The summed E-state index contributed by atoms with van der Waals surface area (Å²) in [5, 5.41) is 13.9. The van der Waals surface area contributed by atoms with E-state index >= 15 is 0 Å². The average Bonchev–Trinajstić information content (AvgIpc) is 2.40. The topological polar surface area (TPSA) is 108 Å². The lowest BCUT2D eigenvalue weighted by atomic mass is 10.3. The van der Waals surface area contributed by atoms with E-state index < -0.39 is 18.5 Å². The Morgan fingerprint density at radius 2 is 1.90 bits per heavy atom. The van der Waals surface area contributed by atoms with E-state index in [1.54, 1.807) is 0 Å². The van der Waals surface area contributed by atoms with Crippen LogP contribution in [0.3, 0.4) is 0 Å². The lowest BCUT2D eigenvalue weighted by Gasteiger charge is -2.20. The molecule has 0 unspecified atom stereocenters. The van der Waals surface area contributed by atoms with Crippen molar-refractivity contribution in [2.75, 3.05) is 39.9 Å². The third-order valence-corrected chi connectivity index (χ3v) is 2.38. The Morgan fingerprint density at radius 3 is 2.45 bits per heavy atom. The molecule has 0 aliphatic heterocycles. The van der Waals surface area contributed by atoms with Gasteiger partial charge in [0.05, 0.1) is 6.61 Å². The van der Waals surface area contributed by atoms with Crippen LogP contribution in [0.15, 0.2) is 0 Å². The molecule has 8 nitrogen and oxygen atoms in total. The minimum absolute atomic E-state index is 0.145. The average molecular weight is 289 g/mol. The van der Waals surface area contributed by atoms with Crippen molar-refractivity contribution >= 4 is 17.9 Å². The Kier molecular flexibility index (Phi) is 10.0. The number of carboxylic acids is 1. The van der Waals surface area contributed by atoms with Crippen LogP contribution in [0.1, 0.15) is 19.8 Å². The fraction of sp³-hybridized carbons (Fsp3) is 0.750. The zero-order valence-electron chi connectivity index (χ0n) is 12.0. The number of amides is 3. The fourth-order valence-corrected chi connectivity index (χ4v) is 1.36. The third-order valence-electron chi connectivity index (χ3n) is 2.38. The normalized spacial score (nSPS) is 9.90. The lowest BCUT2D eigenvalue weighted by molar-refractivity contribution is -0.137. The molecule has 0 saturated carbocycles. The van der Waals surface area contributed by atoms with Crippen LogP contribution in [0, 0.1) is 0 Å².